The molecule has 0 radical (unpaired) electrons. The van der Waals surface area contributed by atoms with Crippen molar-refractivity contribution in [3.05, 3.63) is 29.8 Å². The first-order valence-corrected chi connectivity index (χ1v) is 7.68. The van der Waals surface area contributed by atoms with Crippen LogP contribution in [0.4, 0.5) is 0 Å². The predicted octanol–water partition coefficient (Wildman–Crippen LogP) is 3.80. The van der Waals surface area contributed by atoms with Gasteiger partial charge in [-0.2, -0.15) is 0 Å². The number of nitrogens with one attached hydrogen (secondary N) is 1. The van der Waals surface area contributed by atoms with Crippen molar-refractivity contribution in [2.45, 2.75) is 40.2 Å². The van der Waals surface area contributed by atoms with Gasteiger partial charge in [0, 0.05) is 24.8 Å². The number of benzene rings is 1. The maximum Gasteiger partial charge on any atom is 0.124 e. The molecule has 0 aliphatic carbocycles. The number of hydrogen-bond donors (Lipinski definition) is 1. The SMILES string of the molecule is CCOc1ccccc1C(C)NCCCOCC(C)C. The number of ether oxygens (including phenoxy) is 2. The molecule has 0 aromatic heterocycles. The Bertz CT molecular complexity index is 366. The first-order valence-electron chi connectivity index (χ1n) is 7.68. The van der Waals surface area contributed by atoms with Crippen molar-refractivity contribution >= 4 is 0 Å². The second kappa shape index (κ2) is 9.78. The van der Waals surface area contributed by atoms with Crippen molar-refractivity contribution < 1.29 is 9.47 Å². The van der Waals surface area contributed by atoms with E-state index in [-0.39, 0.29) is 0 Å². The highest BCUT2D eigenvalue weighted by atomic mass is 16.5. The molecule has 0 amide bonds. The molecule has 3 nitrogen and oxygen atoms in total. The fraction of sp³-hybridized carbons (Fsp3) is 0.647. The summed E-state index contributed by atoms with van der Waals surface area (Å²) in [5.74, 6) is 1.59. The molecule has 20 heavy (non-hydrogen) atoms. The molecule has 0 aliphatic rings. The van der Waals surface area contributed by atoms with Gasteiger partial charge in [-0.05, 0) is 38.8 Å². The molecule has 114 valence electrons. The minimum Gasteiger partial charge on any atom is -0.494 e. The first kappa shape index (κ1) is 17.0. The van der Waals surface area contributed by atoms with Crippen LogP contribution in [0, 0.1) is 5.92 Å². The van der Waals surface area contributed by atoms with Crippen LogP contribution >= 0.6 is 0 Å². The molecule has 1 atom stereocenters. The van der Waals surface area contributed by atoms with Crippen LogP contribution in [0.3, 0.4) is 0 Å². The van der Waals surface area contributed by atoms with Gasteiger partial charge in [0.2, 0.25) is 0 Å². The van der Waals surface area contributed by atoms with Crippen molar-refractivity contribution in [1.29, 1.82) is 0 Å². The van der Waals surface area contributed by atoms with Crippen LogP contribution in [0.1, 0.15) is 45.7 Å². The molecule has 0 spiro atoms. The molecule has 1 aromatic carbocycles. The van der Waals surface area contributed by atoms with Gasteiger partial charge in [-0.25, -0.2) is 0 Å². The molecule has 0 fully saturated rings. The lowest BCUT2D eigenvalue weighted by molar-refractivity contribution is 0.107. The summed E-state index contributed by atoms with van der Waals surface area (Å²) in [6.07, 6.45) is 1.04. The average molecular weight is 279 g/mol. The van der Waals surface area contributed by atoms with E-state index in [0.717, 1.165) is 31.9 Å². The van der Waals surface area contributed by atoms with E-state index in [0.29, 0.717) is 18.6 Å². The first-order chi connectivity index (χ1) is 9.65. The van der Waals surface area contributed by atoms with Gasteiger partial charge in [-0.3, -0.25) is 0 Å². The van der Waals surface area contributed by atoms with Crippen molar-refractivity contribution in [3.63, 3.8) is 0 Å². The zero-order chi connectivity index (χ0) is 14.8. The Morgan fingerprint density at radius 3 is 2.60 bits per heavy atom. The second-order valence-corrected chi connectivity index (χ2v) is 5.47. The molecule has 1 N–H and O–H groups in total. The standard InChI is InChI=1S/C17H29NO2/c1-5-20-17-10-7-6-9-16(17)15(4)18-11-8-12-19-13-14(2)3/h6-7,9-10,14-15,18H,5,8,11-13H2,1-4H3. The molecular formula is C17H29NO2. The van der Waals surface area contributed by atoms with E-state index in [1.54, 1.807) is 0 Å². The third-order valence-corrected chi connectivity index (χ3v) is 3.05. The zero-order valence-corrected chi connectivity index (χ0v) is 13.3. The highest BCUT2D eigenvalue weighted by Crippen LogP contribution is 2.24. The van der Waals surface area contributed by atoms with Crippen molar-refractivity contribution in [3.8, 4) is 5.75 Å². The van der Waals surface area contributed by atoms with Gasteiger partial charge in [0.25, 0.3) is 0 Å². The van der Waals surface area contributed by atoms with Gasteiger partial charge in [-0.15, -0.1) is 0 Å². The van der Waals surface area contributed by atoms with Crippen molar-refractivity contribution in [1.82, 2.24) is 5.32 Å². The largest absolute Gasteiger partial charge is 0.494 e. The lowest BCUT2D eigenvalue weighted by Gasteiger charge is -2.18. The molecule has 0 saturated heterocycles. The smallest absolute Gasteiger partial charge is 0.124 e. The molecule has 0 bridgehead atoms. The number of para-hydroxylation sites is 1. The third kappa shape index (κ3) is 6.40. The molecule has 3 heteroatoms. The summed E-state index contributed by atoms with van der Waals surface area (Å²) in [4.78, 5) is 0. The van der Waals surface area contributed by atoms with Gasteiger partial charge < -0.3 is 14.8 Å². The quantitative estimate of drug-likeness (QED) is 0.661. The number of hydrogen-bond acceptors (Lipinski definition) is 3. The van der Waals surface area contributed by atoms with Crippen molar-refractivity contribution in [2.75, 3.05) is 26.4 Å². The van der Waals surface area contributed by atoms with E-state index in [2.05, 4.69) is 38.2 Å². The summed E-state index contributed by atoms with van der Waals surface area (Å²) in [5.41, 5.74) is 1.22. The van der Waals surface area contributed by atoms with Crippen LogP contribution in [0.5, 0.6) is 5.75 Å². The molecule has 0 heterocycles. The summed E-state index contributed by atoms with van der Waals surface area (Å²) >= 11 is 0. The van der Waals surface area contributed by atoms with Crippen LogP contribution in [0.15, 0.2) is 24.3 Å². The van der Waals surface area contributed by atoms with Crippen molar-refractivity contribution in [2.24, 2.45) is 5.92 Å². The maximum atomic E-state index is 5.66. The van der Waals surface area contributed by atoms with Crippen LogP contribution in [-0.2, 0) is 4.74 Å². The molecule has 0 saturated carbocycles. The van der Waals surface area contributed by atoms with E-state index in [1.807, 2.05) is 19.1 Å². The summed E-state index contributed by atoms with van der Waals surface area (Å²) in [6, 6.07) is 8.52. The number of rotatable bonds is 10. The van der Waals surface area contributed by atoms with Crippen LogP contribution in [0.25, 0.3) is 0 Å². The molecular weight excluding hydrogens is 250 g/mol. The highest BCUT2D eigenvalue weighted by molar-refractivity contribution is 5.35. The molecule has 1 rings (SSSR count). The third-order valence-electron chi connectivity index (χ3n) is 3.05. The lowest BCUT2D eigenvalue weighted by Crippen LogP contribution is -2.21. The minimum absolute atomic E-state index is 0.294. The van der Waals surface area contributed by atoms with Crippen LogP contribution < -0.4 is 10.1 Å². The summed E-state index contributed by atoms with van der Waals surface area (Å²) in [5, 5.41) is 3.53. The normalized spacial score (nSPS) is 12.7. The molecule has 1 unspecified atom stereocenters. The Balaban J connectivity index is 2.30. The van der Waals surface area contributed by atoms with E-state index in [1.165, 1.54) is 5.56 Å². The van der Waals surface area contributed by atoms with Crippen LogP contribution in [-0.4, -0.2) is 26.4 Å². The predicted molar refractivity (Wildman–Crippen MR) is 84.3 cm³/mol. The summed E-state index contributed by atoms with van der Waals surface area (Å²) in [7, 11) is 0. The van der Waals surface area contributed by atoms with E-state index in [4.69, 9.17) is 9.47 Å². The lowest BCUT2D eigenvalue weighted by atomic mass is 10.1. The minimum atomic E-state index is 0.294. The topological polar surface area (TPSA) is 30.5 Å². The monoisotopic (exact) mass is 279 g/mol. The Kier molecular flexibility index (Phi) is 8.31. The van der Waals surface area contributed by atoms with Gasteiger partial charge in [-0.1, -0.05) is 32.0 Å². The van der Waals surface area contributed by atoms with Gasteiger partial charge in [0.05, 0.1) is 6.61 Å². The fourth-order valence-corrected chi connectivity index (χ4v) is 2.05. The van der Waals surface area contributed by atoms with Gasteiger partial charge in [0.1, 0.15) is 5.75 Å². The zero-order valence-electron chi connectivity index (χ0n) is 13.3. The van der Waals surface area contributed by atoms with Gasteiger partial charge in [0.15, 0.2) is 0 Å². The van der Waals surface area contributed by atoms with E-state index >= 15 is 0 Å². The van der Waals surface area contributed by atoms with E-state index < -0.39 is 0 Å². The Hall–Kier alpha value is -1.06. The molecule has 0 aliphatic heterocycles. The Morgan fingerprint density at radius 1 is 1.15 bits per heavy atom. The second-order valence-electron chi connectivity index (χ2n) is 5.47. The highest BCUT2D eigenvalue weighted by Gasteiger charge is 2.09. The van der Waals surface area contributed by atoms with E-state index in [9.17, 15) is 0 Å². The fourth-order valence-electron chi connectivity index (χ4n) is 2.05. The average Bonchev–Trinajstić information content (AvgIpc) is 2.43. The molecule has 1 aromatic rings. The summed E-state index contributed by atoms with van der Waals surface area (Å²) in [6.45, 7) is 11.9. The maximum absolute atomic E-state index is 5.66. The summed E-state index contributed by atoms with van der Waals surface area (Å²) < 4.78 is 11.2. The van der Waals surface area contributed by atoms with Crippen LogP contribution in [0.2, 0.25) is 0 Å². The Morgan fingerprint density at radius 2 is 1.90 bits per heavy atom. The van der Waals surface area contributed by atoms with Gasteiger partial charge >= 0.3 is 0 Å². The Labute approximate surface area is 123 Å².